The molecule has 8 nitrogen and oxygen atoms in total. The summed E-state index contributed by atoms with van der Waals surface area (Å²) in [6.45, 7) is 0.258. The molecule has 2 aliphatic rings. The van der Waals surface area contributed by atoms with Crippen molar-refractivity contribution in [3.05, 3.63) is 46.3 Å². The van der Waals surface area contributed by atoms with E-state index in [4.69, 9.17) is 24.5 Å². The van der Waals surface area contributed by atoms with Gasteiger partial charge in [-0.25, -0.2) is 0 Å². The summed E-state index contributed by atoms with van der Waals surface area (Å²) in [4.78, 5) is 2.80. The van der Waals surface area contributed by atoms with Crippen LogP contribution in [0.5, 0.6) is 0 Å². The Morgan fingerprint density at radius 1 is 1.32 bits per heavy atom. The minimum absolute atomic E-state index is 0.258. The van der Waals surface area contributed by atoms with Crippen LogP contribution in [0.15, 0.2) is 35.4 Å². The van der Waals surface area contributed by atoms with Gasteiger partial charge in [-0.1, -0.05) is 35.4 Å². The Bertz CT molecular complexity index is 551. The van der Waals surface area contributed by atoms with Crippen LogP contribution in [0.1, 0.15) is 11.9 Å². The van der Waals surface area contributed by atoms with Crippen molar-refractivity contribution in [3.8, 4) is 0 Å². The Balaban J connectivity index is 1.82. The van der Waals surface area contributed by atoms with E-state index in [0.717, 1.165) is 5.56 Å². The lowest BCUT2D eigenvalue weighted by Crippen LogP contribution is -2.61. The smallest absolute Gasteiger partial charge is 0.184 e. The number of hydrogen-bond donors (Lipinski definition) is 1. The highest BCUT2D eigenvalue weighted by Crippen LogP contribution is 2.35. The van der Waals surface area contributed by atoms with Gasteiger partial charge in [0.25, 0.3) is 0 Å². The Hall–Kier alpha value is -1.67. The maximum absolute atomic E-state index is 10.2. The van der Waals surface area contributed by atoms with Gasteiger partial charge in [0.1, 0.15) is 18.3 Å². The largest absolute Gasteiger partial charge is 0.387 e. The van der Waals surface area contributed by atoms with Gasteiger partial charge in [0, 0.05) is 17.6 Å². The number of methoxy groups -OCH3 is 1. The van der Waals surface area contributed by atoms with Crippen LogP contribution in [0.25, 0.3) is 10.4 Å². The zero-order valence-corrected chi connectivity index (χ0v) is 12.0. The molecule has 0 unspecified atom stereocenters. The Morgan fingerprint density at radius 3 is 2.77 bits per heavy atom. The summed E-state index contributed by atoms with van der Waals surface area (Å²) >= 11 is 0. The standard InChI is InChI=1S/C14H17N3O5/c1-19-14-11(18)10(16-17-15)12-9(21-14)7-20-13(22-12)8-5-3-2-4-6-8/h2-6,9-14,18H,7H2,1H3/t9-,10-,11-,12-,13-,14+/m1/s1. The van der Waals surface area contributed by atoms with E-state index in [1.807, 2.05) is 30.3 Å². The fraction of sp³-hybridized carbons (Fsp3) is 0.571. The van der Waals surface area contributed by atoms with Gasteiger partial charge >= 0.3 is 0 Å². The molecule has 1 aromatic rings. The number of rotatable bonds is 3. The minimum Gasteiger partial charge on any atom is -0.387 e. The molecule has 118 valence electrons. The quantitative estimate of drug-likeness (QED) is 0.517. The lowest BCUT2D eigenvalue weighted by Gasteiger charge is -2.46. The number of aliphatic hydroxyl groups is 1. The molecule has 0 aliphatic carbocycles. The van der Waals surface area contributed by atoms with E-state index in [1.54, 1.807) is 0 Å². The van der Waals surface area contributed by atoms with Gasteiger partial charge in [-0.05, 0) is 5.53 Å². The van der Waals surface area contributed by atoms with Gasteiger partial charge in [-0.15, -0.1) is 0 Å². The summed E-state index contributed by atoms with van der Waals surface area (Å²) in [5.74, 6) is 0. The molecule has 0 bridgehead atoms. The van der Waals surface area contributed by atoms with E-state index in [9.17, 15) is 5.11 Å². The lowest BCUT2D eigenvalue weighted by atomic mass is 9.96. The van der Waals surface area contributed by atoms with Crippen molar-refractivity contribution in [1.29, 1.82) is 0 Å². The van der Waals surface area contributed by atoms with Crippen LogP contribution in [-0.4, -0.2) is 49.5 Å². The third-order valence-corrected chi connectivity index (χ3v) is 3.82. The van der Waals surface area contributed by atoms with Gasteiger partial charge in [0.15, 0.2) is 12.6 Å². The van der Waals surface area contributed by atoms with E-state index >= 15 is 0 Å². The second-order valence-electron chi connectivity index (χ2n) is 5.14. The van der Waals surface area contributed by atoms with Crippen LogP contribution >= 0.6 is 0 Å². The summed E-state index contributed by atoms with van der Waals surface area (Å²) < 4.78 is 22.2. The highest BCUT2D eigenvalue weighted by atomic mass is 16.7. The Labute approximate surface area is 127 Å². The van der Waals surface area contributed by atoms with Crippen molar-refractivity contribution in [2.24, 2.45) is 5.11 Å². The normalized spacial score (nSPS) is 37.9. The van der Waals surface area contributed by atoms with Crippen molar-refractivity contribution >= 4 is 0 Å². The topological polar surface area (TPSA) is 106 Å². The maximum Gasteiger partial charge on any atom is 0.184 e. The predicted octanol–water partition coefficient (Wildman–Crippen LogP) is 1.51. The molecule has 1 N–H and O–H groups in total. The second-order valence-corrected chi connectivity index (χ2v) is 5.14. The molecule has 2 heterocycles. The maximum atomic E-state index is 10.2. The van der Waals surface area contributed by atoms with Gasteiger partial charge in [0.05, 0.1) is 12.6 Å². The number of azide groups is 1. The van der Waals surface area contributed by atoms with E-state index in [2.05, 4.69) is 10.0 Å². The molecule has 0 radical (unpaired) electrons. The van der Waals surface area contributed by atoms with Crippen molar-refractivity contribution in [1.82, 2.24) is 0 Å². The highest BCUT2D eigenvalue weighted by molar-refractivity contribution is 5.16. The lowest BCUT2D eigenvalue weighted by molar-refractivity contribution is -0.337. The number of benzene rings is 1. The summed E-state index contributed by atoms with van der Waals surface area (Å²) in [6, 6.07) is 8.62. The van der Waals surface area contributed by atoms with Crippen molar-refractivity contribution < 1.29 is 24.1 Å². The van der Waals surface area contributed by atoms with E-state index in [-0.39, 0.29) is 6.61 Å². The molecular formula is C14H17N3O5. The molecule has 0 aromatic heterocycles. The molecule has 2 fully saturated rings. The highest BCUT2D eigenvalue weighted by Gasteiger charge is 2.49. The van der Waals surface area contributed by atoms with E-state index < -0.39 is 36.9 Å². The van der Waals surface area contributed by atoms with Crippen LogP contribution in [0.2, 0.25) is 0 Å². The average Bonchev–Trinajstić information content (AvgIpc) is 2.57. The van der Waals surface area contributed by atoms with Crippen LogP contribution in [0.3, 0.4) is 0 Å². The summed E-state index contributed by atoms with van der Waals surface area (Å²) in [5, 5.41) is 13.9. The first-order valence-corrected chi connectivity index (χ1v) is 6.97. The molecule has 1 aromatic carbocycles. The average molecular weight is 307 g/mol. The zero-order chi connectivity index (χ0) is 15.5. The monoisotopic (exact) mass is 307 g/mol. The van der Waals surface area contributed by atoms with Crippen LogP contribution in [-0.2, 0) is 18.9 Å². The first-order chi connectivity index (χ1) is 10.7. The van der Waals surface area contributed by atoms with Crippen LogP contribution in [0, 0.1) is 0 Å². The molecule has 3 rings (SSSR count). The van der Waals surface area contributed by atoms with Gasteiger partial charge < -0.3 is 24.1 Å². The molecule has 0 amide bonds. The van der Waals surface area contributed by atoms with E-state index in [1.165, 1.54) is 7.11 Å². The fourth-order valence-corrected chi connectivity index (χ4v) is 2.75. The molecule has 0 spiro atoms. The third-order valence-electron chi connectivity index (χ3n) is 3.82. The van der Waals surface area contributed by atoms with E-state index in [0.29, 0.717) is 0 Å². The molecule has 22 heavy (non-hydrogen) atoms. The fourth-order valence-electron chi connectivity index (χ4n) is 2.75. The number of fused-ring (bicyclic) bond motifs is 1. The summed E-state index contributed by atoms with van der Waals surface area (Å²) in [6.07, 6.45) is -3.64. The molecule has 0 saturated carbocycles. The first-order valence-electron chi connectivity index (χ1n) is 6.97. The molecule has 8 heteroatoms. The third kappa shape index (κ3) is 2.80. The van der Waals surface area contributed by atoms with Gasteiger partial charge in [0.2, 0.25) is 0 Å². The number of nitrogens with zero attached hydrogens (tertiary/aromatic N) is 3. The zero-order valence-electron chi connectivity index (χ0n) is 12.0. The van der Waals surface area contributed by atoms with Crippen LogP contribution < -0.4 is 0 Å². The Morgan fingerprint density at radius 2 is 2.09 bits per heavy atom. The van der Waals surface area contributed by atoms with Crippen LogP contribution in [0.4, 0.5) is 0 Å². The number of hydrogen-bond acceptors (Lipinski definition) is 6. The summed E-state index contributed by atoms with van der Waals surface area (Å²) in [7, 11) is 1.42. The van der Waals surface area contributed by atoms with Crippen molar-refractivity contribution in [3.63, 3.8) is 0 Å². The number of aliphatic hydroxyl groups excluding tert-OH is 1. The second kappa shape index (κ2) is 6.62. The van der Waals surface area contributed by atoms with Crippen molar-refractivity contribution in [2.75, 3.05) is 13.7 Å². The molecule has 2 aliphatic heterocycles. The van der Waals surface area contributed by atoms with Gasteiger partial charge in [-0.3, -0.25) is 0 Å². The molecule has 6 atom stereocenters. The predicted molar refractivity (Wildman–Crippen MR) is 74.6 cm³/mol. The Kier molecular flexibility index (Phi) is 4.58. The molecule has 2 saturated heterocycles. The van der Waals surface area contributed by atoms with Gasteiger partial charge in [-0.2, -0.15) is 0 Å². The minimum atomic E-state index is -1.10. The molecular weight excluding hydrogens is 290 g/mol. The number of ether oxygens (including phenoxy) is 4. The first kappa shape index (κ1) is 15.2. The van der Waals surface area contributed by atoms with Crippen molar-refractivity contribution in [2.45, 2.75) is 36.9 Å². The SMILES string of the molecule is CO[C@H]1O[C@@H]2CO[C@@H](c3ccccc3)O[C@H]2[C@H](N=[N+]=[N-])[C@H]1O. The summed E-state index contributed by atoms with van der Waals surface area (Å²) in [5.41, 5.74) is 9.60.